The minimum atomic E-state index is -0.552. The minimum Gasteiger partial charge on any atom is -0.330 e. The summed E-state index contributed by atoms with van der Waals surface area (Å²) in [6.45, 7) is 1.55. The summed E-state index contributed by atoms with van der Waals surface area (Å²) in [5.41, 5.74) is 0. The zero-order chi connectivity index (χ0) is 7.28. The number of nitriles is 1. The van der Waals surface area contributed by atoms with Crippen molar-refractivity contribution >= 4 is 5.91 Å². The van der Waals surface area contributed by atoms with Crippen molar-refractivity contribution in [3.8, 4) is 18.4 Å². The molecule has 1 atom stereocenters. The number of hydrogen-bond donors (Lipinski definition) is 1. The molecule has 0 saturated heterocycles. The van der Waals surface area contributed by atoms with Gasteiger partial charge in [-0.1, -0.05) is 0 Å². The zero-order valence-electron chi connectivity index (χ0n) is 5.01. The highest BCUT2D eigenvalue weighted by atomic mass is 16.1. The van der Waals surface area contributed by atoms with Gasteiger partial charge in [-0.15, -0.1) is 6.42 Å². The van der Waals surface area contributed by atoms with Gasteiger partial charge in [0.1, 0.15) is 6.04 Å². The summed E-state index contributed by atoms with van der Waals surface area (Å²) in [5, 5.41) is 10.4. The Morgan fingerprint density at radius 1 is 1.89 bits per heavy atom. The second-order valence-electron chi connectivity index (χ2n) is 1.47. The summed E-state index contributed by atoms with van der Waals surface area (Å²) in [5.74, 6) is 1.28. The molecule has 9 heavy (non-hydrogen) atoms. The van der Waals surface area contributed by atoms with E-state index in [0.717, 1.165) is 0 Å². The maximum atomic E-state index is 10.3. The summed E-state index contributed by atoms with van der Waals surface area (Å²) in [7, 11) is 0. The highest BCUT2D eigenvalue weighted by Gasteiger charge is 1.99. The van der Waals surface area contributed by atoms with Gasteiger partial charge in [0.05, 0.1) is 6.07 Å². The second-order valence-corrected chi connectivity index (χ2v) is 1.47. The third-order valence-electron chi connectivity index (χ3n) is 0.672. The van der Waals surface area contributed by atoms with Crippen molar-refractivity contribution in [2.45, 2.75) is 13.0 Å². The topological polar surface area (TPSA) is 52.9 Å². The first-order valence-corrected chi connectivity index (χ1v) is 2.37. The Balaban J connectivity index is 3.67. The summed E-state index contributed by atoms with van der Waals surface area (Å²) in [4.78, 5) is 10.3. The molecule has 0 bridgehead atoms. The van der Waals surface area contributed by atoms with Crippen LogP contribution >= 0.6 is 0 Å². The van der Waals surface area contributed by atoms with Gasteiger partial charge in [0.25, 0.3) is 5.91 Å². The molecule has 0 aliphatic carbocycles. The number of carbonyl (C=O) groups is 1. The van der Waals surface area contributed by atoms with Crippen LogP contribution in [0.2, 0.25) is 0 Å². The summed E-state index contributed by atoms with van der Waals surface area (Å²) in [6.07, 6.45) is 4.70. The fraction of sp³-hybridized carbons (Fsp3) is 0.333. The predicted molar refractivity (Wildman–Crippen MR) is 32.1 cm³/mol. The van der Waals surface area contributed by atoms with Gasteiger partial charge in [0, 0.05) is 0 Å². The summed E-state index contributed by atoms with van der Waals surface area (Å²) < 4.78 is 0. The molecule has 0 radical (unpaired) electrons. The van der Waals surface area contributed by atoms with Crippen LogP contribution in [0, 0.1) is 23.7 Å². The van der Waals surface area contributed by atoms with E-state index >= 15 is 0 Å². The third kappa shape index (κ3) is 3.13. The first kappa shape index (κ1) is 7.52. The van der Waals surface area contributed by atoms with Gasteiger partial charge < -0.3 is 5.32 Å². The lowest BCUT2D eigenvalue weighted by molar-refractivity contribution is -0.115. The van der Waals surface area contributed by atoms with Crippen LogP contribution in [0.25, 0.3) is 0 Å². The molecule has 1 N–H and O–H groups in total. The fourth-order valence-electron chi connectivity index (χ4n) is 0.271. The summed E-state index contributed by atoms with van der Waals surface area (Å²) in [6, 6.07) is 1.30. The maximum absolute atomic E-state index is 10.3. The molecule has 1 amide bonds. The van der Waals surface area contributed by atoms with E-state index in [-0.39, 0.29) is 0 Å². The Morgan fingerprint density at radius 3 is 2.78 bits per heavy atom. The van der Waals surface area contributed by atoms with E-state index in [1.54, 1.807) is 13.0 Å². The number of amides is 1. The summed E-state index contributed by atoms with van der Waals surface area (Å²) >= 11 is 0. The zero-order valence-corrected chi connectivity index (χ0v) is 5.01. The van der Waals surface area contributed by atoms with E-state index in [1.807, 2.05) is 5.92 Å². The van der Waals surface area contributed by atoms with Gasteiger partial charge in [0.2, 0.25) is 0 Å². The number of hydrogen-bond acceptors (Lipinski definition) is 2. The van der Waals surface area contributed by atoms with E-state index in [2.05, 4.69) is 5.32 Å². The molecule has 0 heterocycles. The van der Waals surface area contributed by atoms with Crippen molar-refractivity contribution in [3.63, 3.8) is 0 Å². The molecule has 0 fully saturated rings. The molecule has 3 nitrogen and oxygen atoms in total. The SMILES string of the molecule is C#CC(=O)N[C@H](C)C#N. The lowest BCUT2D eigenvalue weighted by atomic mass is 10.4. The van der Waals surface area contributed by atoms with Crippen molar-refractivity contribution in [1.29, 1.82) is 5.26 Å². The Kier molecular flexibility index (Phi) is 2.94. The van der Waals surface area contributed by atoms with Crippen LogP contribution in [0.3, 0.4) is 0 Å². The van der Waals surface area contributed by atoms with Crippen molar-refractivity contribution < 1.29 is 4.79 Å². The molecule has 0 aromatic heterocycles. The average Bonchev–Trinajstić information content (AvgIpc) is 1.87. The molecule has 0 aliphatic rings. The van der Waals surface area contributed by atoms with Gasteiger partial charge in [-0.3, -0.25) is 4.79 Å². The Hall–Kier alpha value is -1.48. The van der Waals surface area contributed by atoms with Crippen molar-refractivity contribution in [1.82, 2.24) is 5.32 Å². The van der Waals surface area contributed by atoms with Crippen LogP contribution in [-0.2, 0) is 4.79 Å². The molecule has 0 spiro atoms. The lowest BCUT2D eigenvalue weighted by Gasteiger charge is -1.98. The molecular formula is C6H6N2O. The van der Waals surface area contributed by atoms with E-state index in [0.29, 0.717) is 0 Å². The lowest BCUT2D eigenvalue weighted by Crippen LogP contribution is -2.29. The van der Waals surface area contributed by atoms with Crippen molar-refractivity contribution in [3.05, 3.63) is 0 Å². The Bertz CT molecular complexity index is 184. The average molecular weight is 122 g/mol. The molecule has 46 valence electrons. The quantitative estimate of drug-likeness (QED) is 0.483. The molecule has 0 aromatic carbocycles. The monoisotopic (exact) mass is 122 g/mol. The molecule has 0 saturated carbocycles. The van der Waals surface area contributed by atoms with E-state index in [1.165, 1.54) is 0 Å². The number of terminal acetylenes is 1. The Morgan fingerprint density at radius 2 is 2.44 bits per heavy atom. The minimum absolute atomic E-state index is 0.506. The highest BCUT2D eigenvalue weighted by Crippen LogP contribution is 1.74. The third-order valence-corrected chi connectivity index (χ3v) is 0.672. The molecule has 0 aromatic rings. The van der Waals surface area contributed by atoms with Gasteiger partial charge >= 0.3 is 0 Å². The van der Waals surface area contributed by atoms with Crippen molar-refractivity contribution in [2.24, 2.45) is 0 Å². The maximum Gasteiger partial charge on any atom is 0.296 e. The molecule has 0 rings (SSSR count). The van der Waals surface area contributed by atoms with Crippen LogP contribution in [0.4, 0.5) is 0 Å². The van der Waals surface area contributed by atoms with Crippen LogP contribution in [0.1, 0.15) is 6.92 Å². The molecular weight excluding hydrogens is 116 g/mol. The second kappa shape index (κ2) is 3.51. The number of rotatable bonds is 1. The normalized spacial score (nSPS) is 10.6. The standard InChI is InChI=1S/C6H6N2O/c1-3-6(9)8-5(2)4-7/h1,5H,2H3,(H,8,9)/t5-/m1/s1. The smallest absolute Gasteiger partial charge is 0.296 e. The molecule has 0 unspecified atom stereocenters. The van der Waals surface area contributed by atoms with Gasteiger partial charge in [-0.05, 0) is 12.8 Å². The Labute approximate surface area is 53.7 Å². The van der Waals surface area contributed by atoms with Crippen LogP contribution < -0.4 is 5.32 Å². The molecule has 0 aliphatic heterocycles. The highest BCUT2D eigenvalue weighted by molar-refractivity contribution is 5.93. The first-order valence-electron chi connectivity index (χ1n) is 2.37. The van der Waals surface area contributed by atoms with Crippen LogP contribution in [0.5, 0.6) is 0 Å². The van der Waals surface area contributed by atoms with Crippen LogP contribution in [-0.4, -0.2) is 11.9 Å². The number of carbonyl (C=O) groups excluding carboxylic acids is 1. The predicted octanol–water partition coefficient (Wildman–Crippen LogP) is -0.352. The van der Waals surface area contributed by atoms with E-state index in [4.69, 9.17) is 11.7 Å². The number of nitrogens with zero attached hydrogens (tertiary/aromatic N) is 1. The first-order chi connectivity index (χ1) is 4.20. The van der Waals surface area contributed by atoms with Gasteiger partial charge in [-0.2, -0.15) is 5.26 Å². The van der Waals surface area contributed by atoms with Gasteiger partial charge in [-0.25, -0.2) is 0 Å². The molecule has 3 heteroatoms. The number of nitrogens with one attached hydrogen (secondary N) is 1. The largest absolute Gasteiger partial charge is 0.330 e. The van der Waals surface area contributed by atoms with E-state index < -0.39 is 11.9 Å². The fourth-order valence-corrected chi connectivity index (χ4v) is 0.271. The van der Waals surface area contributed by atoms with Crippen molar-refractivity contribution in [2.75, 3.05) is 0 Å². The van der Waals surface area contributed by atoms with Crippen LogP contribution in [0.15, 0.2) is 0 Å². The van der Waals surface area contributed by atoms with E-state index in [9.17, 15) is 4.79 Å². The van der Waals surface area contributed by atoms with Gasteiger partial charge in [0.15, 0.2) is 0 Å².